The van der Waals surface area contributed by atoms with Crippen molar-refractivity contribution in [2.75, 3.05) is 17.7 Å². The molecule has 3 aromatic rings. The maximum absolute atomic E-state index is 12.8. The van der Waals surface area contributed by atoms with Crippen molar-refractivity contribution >= 4 is 57.5 Å². The molecule has 2 amide bonds. The minimum absolute atomic E-state index is 0.0365. The highest BCUT2D eigenvalue weighted by atomic mass is 35.5. The number of nitrogens with zero attached hydrogens (tertiary/aromatic N) is 3. The Balaban J connectivity index is 1.76. The second-order valence-corrected chi connectivity index (χ2v) is 10.9. The SMILES string of the molecule is C=CCn1c(SCC(=O)Nc2sc(C(N)=O)c(C)c2C(=O)OCC)nnc1C(C)Oc1cc(C)c(Cl)c(C)c1. The number of carbonyl (C=O) groups excluding carboxylic acids is 3. The summed E-state index contributed by atoms with van der Waals surface area (Å²) in [6, 6.07) is 3.72. The molecular weight excluding hydrogens is 562 g/mol. The number of halogens is 1. The number of hydrogen-bond donors (Lipinski definition) is 2. The molecule has 0 fully saturated rings. The summed E-state index contributed by atoms with van der Waals surface area (Å²) in [6.45, 7) is 13.3. The van der Waals surface area contributed by atoms with Crippen LogP contribution in [0, 0.1) is 20.8 Å². The number of nitrogens with one attached hydrogen (secondary N) is 1. The van der Waals surface area contributed by atoms with Crippen LogP contribution in [-0.4, -0.2) is 44.9 Å². The number of thioether (sulfide) groups is 1. The molecule has 10 nitrogen and oxygen atoms in total. The van der Waals surface area contributed by atoms with Crippen LogP contribution in [0.3, 0.4) is 0 Å². The average molecular weight is 592 g/mol. The minimum Gasteiger partial charge on any atom is -0.483 e. The molecule has 13 heteroatoms. The first kappa shape index (κ1) is 30.2. The molecule has 0 aliphatic carbocycles. The van der Waals surface area contributed by atoms with E-state index < -0.39 is 23.9 Å². The summed E-state index contributed by atoms with van der Waals surface area (Å²) < 4.78 is 13.0. The van der Waals surface area contributed by atoms with Crippen molar-refractivity contribution in [3.63, 3.8) is 0 Å². The molecule has 0 aliphatic rings. The van der Waals surface area contributed by atoms with E-state index in [-0.39, 0.29) is 27.8 Å². The number of ether oxygens (including phenoxy) is 2. The first-order chi connectivity index (χ1) is 18.5. The summed E-state index contributed by atoms with van der Waals surface area (Å²) in [6.07, 6.45) is 1.25. The van der Waals surface area contributed by atoms with Crippen molar-refractivity contribution in [3.8, 4) is 5.75 Å². The molecule has 1 atom stereocenters. The van der Waals surface area contributed by atoms with E-state index in [0.29, 0.717) is 33.9 Å². The zero-order valence-electron chi connectivity index (χ0n) is 22.3. The second kappa shape index (κ2) is 13.1. The molecule has 3 N–H and O–H groups in total. The van der Waals surface area contributed by atoms with E-state index in [1.54, 1.807) is 19.9 Å². The Hall–Kier alpha value is -3.35. The zero-order chi connectivity index (χ0) is 28.9. The Morgan fingerprint density at radius 1 is 1.26 bits per heavy atom. The number of esters is 1. The van der Waals surface area contributed by atoms with Gasteiger partial charge in [-0.25, -0.2) is 4.79 Å². The van der Waals surface area contributed by atoms with Gasteiger partial charge in [0.05, 0.1) is 22.8 Å². The van der Waals surface area contributed by atoms with Crippen LogP contribution in [-0.2, 0) is 16.1 Å². The van der Waals surface area contributed by atoms with Gasteiger partial charge in [-0.3, -0.25) is 14.2 Å². The molecule has 0 spiro atoms. The van der Waals surface area contributed by atoms with Crippen LogP contribution in [0.2, 0.25) is 5.02 Å². The number of hydrogen-bond acceptors (Lipinski definition) is 9. The van der Waals surface area contributed by atoms with Crippen LogP contribution in [0.5, 0.6) is 5.75 Å². The number of nitrogens with two attached hydrogens (primary N) is 1. The summed E-state index contributed by atoms with van der Waals surface area (Å²) in [4.78, 5) is 37.3. The number of amides is 2. The zero-order valence-corrected chi connectivity index (χ0v) is 24.7. The maximum atomic E-state index is 12.8. The van der Waals surface area contributed by atoms with E-state index in [4.69, 9.17) is 26.8 Å². The molecule has 0 saturated heterocycles. The van der Waals surface area contributed by atoms with Crippen molar-refractivity contribution in [2.24, 2.45) is 5.73 Å². The highest BCUT2D eigenvalue weighted by Crippen LogP contribution is 2.34. The van der Waals surface area contributed by atoms with Crippen LogP contribution in [0.25, 0.3) is 0 Å². The summed E-state index contributed by atoms with van der Waals surface area (Å²) in [5.74, 6) is -0.560. The highest BCUT2D eigenvalue weighted by molar-refractivity contribution is 7.99. The van der Waals surface area contributed by atoms with Crippen molar-refractivity contribution in [3.05, 3.63) is 62.8 Å². The Labute approximate surface area is 239 Å². The predicted molar refractivity (Wildman–Crippen MR) is 153 cm³/mol. The molecule has 0 saturated carbocycles. The number of aryl methyl sites for hydroxylation is 2. The predicted octanol–water partition coefficient (Wildman–Crippen LogP) is 5.25. The fourth-order valence-corrected chi connectivity index (χ4v) is 5.74. The van der Waals surface area contributed by atoms with Gasteiger partial charge in [-0.15, -0.1) is 28.1 Å². The maximum Gasteiger partial charge on any atom is 0.341 e. The molecule has 3 rings (SSSR count). The molecule has 0 aliphatic heterocycles. The molecule has 0 radical (unpaired) electrons. The third kappa shape index (κ3) is 7.00. The third-order valence-corrected chi connectivity index (χ3v) is 8.36. The Bertz CT molecular complexity index is 1390. The van der Waals surface area contributed by atoms with E-state index in [1.807, 2.05) is 37.5 Å². The van der Waals surface area contributed by atoms with Crippen molar-refractivity contribution in [1.82, 2.24) is 14.8 Å². The number of primary amides is 1. The van der Waals surface area contributed by atoms with Crippen LogP contribution >= 0.6 is 34.7 Å². The number of anilines is 1. The lowest BCUT2D eigenvalue weighted by atomic mass is 10.1. The fourth-order valence-electron chi connectivity index (χ4n) is 3.82. The van der Waals surface area contributed by atoms with Crippen LogP contribution in [0.15, 0.2) is 29.9 Å². The summed E-state index contributed by atoms with van der Waals surface area (Å²) in [7, 11) is 0. The van der Waals surface area contributed by atoms with Crippen LogP contribution in [0.4, 0.5) is 5.00 Å². The largest absolute Gasteiger partial charge is 0.483 e. The minimum atomic E-state index is -0.691. The van der Waals surface area contributed by atoms with Crippen LogP contribution < -0.4 is 15.8 Å². The number of benzene rings is 1. The van der Waals surface area contributed by atoms with Gasteiger partial charge in [-0.2, -0.15) is 0 Å². The smallest absolute Gasteiger partial charge is 0.341 e. The van der Waals surface area contributed by atoms with Gasteiger partial charge in [0.15, 0.2) is 17.1 Å². The van der Waals surface area contributed by atoms with E-state index in [9.17, 15) is 14.4 Å². The monoisotopic (exact) mass is 591 g/mol. The van der Waals surface area contributed by atoms with Gasteiger partial charge in [0.2, 0.25) is 5.91 Å². The summed E-state index contributed by atoms with van der Waals surface area (Å²) in [5.41, 5.74) is 7.73. The number of thiophene rings is 1. The normalized spacial score (nSPS) is 11.6. The molecule has 208 valence electrons. The van der Waals surface area contributed by atoms with Gasteiger partial charge in [-0.1, -0.05) is 29.4 Å². The van der Waals surface area contributed by atoms with E-state index in [2.05, 4.69) is 22.1 Å². The number of allylic oxidation sites excluding steroid dienone is 1. The Morgan fingerprint density at radius 3 is 2.51 bits per heavy atom. The third-order valence-electron chi connectivity index (χ3n) is 5.58. The highest BCUT2D eigenvalue weighted by Gasteiger charge is 2.26. The standard InChI is InChI=1S/C26H30ClN5O5S2/c1-7-9-32-23(16(6)37-17-10-13(3)20(27)14(4)11-17)30-31-26(32)38-12-18(33)29-24-19(25(35)36-8-2)15(5)21(39-24)22(28)34/h7,10-11,16H,1,8-9,12H2,2-6H3,(H2,28,34)(H,29,33). The Morgan fingerprint density at radius 2 is 1.92 bits per heavy atom. The second-order valence-electron chi connectivity index (χ2n) is 8.55. The lowest BCUT2D eigenvalue weighted by Gasteiger charge is -2.17. The number of aromatic nitrogens is 3. The average Bonchev–Trinajstić information content (AvgIpc) is 3.42. The van der Waals surface area contributed by atoms with Crippen molar-refractivity contribution in [1.29, 1.82) is 0 Å². The van der Waals surface area contributed by atoms with Gasteiger partial charge in [0, 0.05) is 11.6 Å². The quantitative estimate of drug-likeness (QED) is 0.165. The molecule has 2 aromatic heterocycles. The molecule has 2 heterocycles. The van der Waals surface area contributed by atoms with Crippen LogP contribution in [0.1, 0.15) is 62.5 Å². The van der Waals surface area contributed by atoms with E-state index in [0.717, 1.165) is 34.2 Å². The molecule has 0 bridgehead atoms. The van der Waals surface area contributed by atoms with Gasteiger partial charge in [-0.05, 0) is 63.4 Å². The van der Waals surface area contributed by atoms with Gasteiger partial charge >= 0.3 is 5.97 Å². The van der Waals surface area contributed by atoms with Crippen molar-refractivity contribution < 1.29 is 23.9 Å². The van der Waals surface area contributed by atoms with Gasteiger partial charge < -0.3 is 20.5 Å². The first-order valence-electron chi connectivity index (χ1n) is 12.0. The van der Waals surface area contributed by atoms with Gasteiger partial charge in [0.25, 0.3) is 5.91 Å². The summed E-state index contributed by atoms with van der Waals surface area (Å²) >= 11 is 8.37. The molecule has 1 aromatic carbocycles. The number of carbonyl (C=O) groups is 3. The Kier molecular flexibility index (Phi) is 10.2. The topological polar surface area (TPSA) is 138 Å². The summed E-state index contributed by atoms with van der Waals surface area (Å²) in [5, 5.41) is 12.6. The fraction of sp³-hybridized carbons (Fsp3) is 0.346. The van der Waals surface area contributed by atoms with Crippen molar-refractivity contribution in [2.45, 2.75) is 52.4 Å². The first-order valence-corrected chi connectivity index (χ1v) is 14.2. The molecule has 1 unspecified atom stereocenters. The number of rotatable bonds is 12. The van der Waals surface area contributed by atoms with E-state index >= 15 is 0 Å². The lowest BCUT2D eigenvalue weighted by molar-refractivity contribution is -0.113. The molecular formula is C26H30ClN5O5S2. The van der Waals surface area contributed by atoms with Gasteiger partial charge in [0.1, 0.15) is 10.8 Å². The lowest BCUT2D eigenvalue weighted by Crippen LogP contribution is -2.17. The van der Waals surface area contributed by atoms with E-state index in [1.165, 1.54) is 0 Å². The molecule has 39 heavy (non-hydrogen) atoms.